The van der Waals surface area contributed by atoms with Crippen LogP contribution in [0, 0.1) is 0 Å². The van der Waals surface area contributed by atoms with E-state index in [2.05, 4.69) is 5.32 Å². The van der Waals surface area contributed by atoms with E-state index in [-0.39, 0.29) is 18.4 Å². The number of hydrogen-bond donors (Lipinski definition) is 1. The van der Waals surface area contributed by atoms with Gasteiger partial charge in [-0.25, -0.2) is 0 Å². The summed E-state index contributed by atoms with van der Waals surface area (Å²) in [6.45, 7) is 4.90. The fourth-order valence-corrected chi connectivity index (χ4v) is 1.57. The minimum Gasteiger partial charge on any atom is -0.379 e. The number of ether oxygens (including phenoxy) is 2. The van der Waals surface area contributed by atoms with E-state index in [1.165, 1.54) is 11.8 Å². The molecule has 0 aromatic heterocycles. The molecule has 0 aliphatic rings. The van der Waals surface area contributed by atoms with Crippen molar-refractivity contribution in [3.63, 3.8) is 0 Å². The second kappa shape index (κ2) is 9.10. The van der Waals surface area contributed by atoms with E-state index in [1.54, 1.807) is 31.3 Å². The first-order chi connectivity index (χ1) is 10.0. The zero-order valence-electron chi connectivity index (χ0n) is 12.7. The number of carbonyl (C=O) groups excluding carboxylic acids is 2. The number of rotatable bonds is 8. The van der Waals surface area contributed by atoms with Crippen molar-refractivity contribution < 1.29 is 19.1 Å². The topological polar surface area (TPSA) is 67.9 Å². The van der Waals surface area contributed by atoms with Crippen LogP contribution in [-0.4, -0.2) is 45.3 Å². The van der Waals surface area contributed by atoms with Gasteiger partial charge in [-0.1, -0.05) is 0 Å². The van der Waals surface area contributed by atoms with Gasteiger partial charge in [-0.05, 0) is 31.2 Å². The maximum Gasteiger partial charge on any atom is 0.250 e. The van der Waals surface area contributed by atoms with Crippen LogP contribution in [0.4, 0.5) is 11.4 Å². The van der Waals surface area contributed by atoms with Gasteiger partial charge in [-0.2, -0.15) is 0 Å². The van der Waals surface area contributed by atoms with Crippen molar-refractivity contribution >= 4 is 23.2 Å². The number of hydrogen-bond acceptors (Lipinski definition) is 4. The van der Waals surface area contributed by atoms with Crippen molar-refractivity contribution in [1.29, 1.82) is 0 Å². The normalized spacial score (nSPS) is 10.2. The molecule has 0 unspecified atom stereocenters. The highest BCUT2D eigenvalue weighted by atomic mass is 16.5. The van der Waals surface area contributed by atoms with Crippen molar-refractivity contribution in [3.05, 3.63) is 24.3 Å². The largest absolute Gasteiger partial charge is 0.379 e. The van der Waals surface area contributed by atoms with Crippen molar-refractivity contribution in [1.82, 2.24) is 0 Å². The maximum atomic E-state index is 11.6. The highest BCUT2D eigenvalue weighted by Crippen LogP contribution is 2.16. The smallest absolute Gasteiger partial charge is 0.250 e. The number of nitrogens with one attached hydrogen (secondary N) is 1. The second-order valence-electron chi connectivity index (χ2n) is 4.42. The molecular formula is C15H22N2O4. The Bertz CT molecular complexity index is 459. The highest BCUT2D eigenvalue weighted by Gasteiger charge is 2.06. The van der Waals surface area contributed by atoms with Crippen LogP contribution in [0.1, 0.15) is 13.8 Å². The predicted octanol–water partition coefficient (Wildman–Crippen LogP) is 1.66. The van der Waals surface area contributed by atoms with Gasteiger partial charge >= 0.3 is 0 Å². The Morgan fingerprint density at radius 3 is 2.33 bits per heavy atom. The summed E-state index contributed by atoms with van der Waals surface area (Å²) in [7, 11) is 1.70. The molecular weight excluding hydrogens is 272 g/mol. The van der Waals surface area contributed by atoms with Gasteiger partial charge < -0.3 is 19.7 Å². The summed E-state index contributed by atoms with van der Waals surface area (Å²) in [6, 6.07) is 7.03. The van der Waals surface area contributed by atoms with Crippen LogP contribution in [0.15, 0.2) is 24.3 Å². The van der Waals surface area contributed by atoms with Gasteiger partial charge in [0.2, 0.25) is 11.8 Å². The van der Waals surface area contributed by atoms with Gasteiger partial charge in [0.15, 0.2) is 0 Å². The zero-order chi connectivity index (χ0) is 15.7. The predicted molar refractivity (Wildman–Crippen MR) is 81.5 cm³/mol. The fourth-order valence-electron chi connectivity index (χ4n) is 1.57. The summed E-state index contributed by atoms with van der Waals surface area (Å²) in [5.74, 6) is -0.270. The molecule has 1 N–H and O–H groups in total. The monoisotopic (exact) mass is 294 g/mol. The van der Waals surface area contributed by atoms with Crippen molar-refractivity contribution in [2.75, 3.05) is 43.7 Å². The van der Waals surface area contributed by atoms with E-state index in [0.29, 0.717) is 25.5 Å². The first kappa shape index (κ1) is 17.1. The molecule has 0 spiro atoms. The molecule has 6 heteroatoms. The average Bonchev–Trinajstić information content (AvgIpc) is 2.47. The number of anilines is 2. The average molecular weight is 294 g/mol. The van der Waals surface area contributed by atoms with Crippen LogP contribution in [0.2, 0.25) is 0 Å². The third kappa shape index (κ3) is 6.37. The molecule has 1 aromatic carbocycles. The van der Waals surface area contributed by atoms with Gasteiger partial charge in [-0.3, -0.25) is 9.59 Å². The maximum absolute atomic E-state index is 11.6. The van der Waals surface area contributed by atoms with Crippen LogP contribution >= 0.6 is 0 Å². The number of benzene rings is 1. The lowest BCUT2D eigenvalue weighted by molar-refractivity contribution is -0.121. The molecule has 0 bridgehead atoms. The van der Waals surface area contributed by atoms with Crippen LogP contribution in [0.25, 0.3) is 0 Å². The molecule has 2 amide bonds. The minimum absolute atomic E-state index is 0.0117. The molecule has 0 aliphatic heterocycles. The van der Waals surface area contributed by atoms with E-state index in [9.17, 15) is 9.59 Å². The van der Waals surface area contributed by atoms with Crippen LogP contribution in [0.3, 0.4) is 0 Å². The minimum atomic E-state index is -0.223. The van der Waals surface area contributed by atoms with Gasteiger partial charge in [-0.15, -0.1) is 0 Å². The molecule has 0 heterocycles. The van der Waals surface area contributed by atoms with Crippen LogP contribution < -0.4 is 10.2 Å². The molecule has 21 heavy (non-hydrogen) atoms. The standard InChI is InChI=1S/C15H22N2O4/c1-4-20-9-10-21-11-15(19)16-13-5-7-14(8-6-13)17(3)12(2)18/h5-8H,4,9-11H2,1-3H3,(H,16,19). The first-order valence-electron chi connectivity index (χ1n) is 6.84. The van der Waals surface area contributed by atoms with Gasteiger partial charge in [0.1, 0.15) is 6.61 Å². The third-order valence-electron chi connectivity index (χ3n) is 2.82. The summed E-state index contributed by atoms with van der Waals surface area (Å²) < 4.78 is 10.3. The van der Waals surface area contributed by atoms with E-state index < -0.39 is 0 Å². The van der Waals surface area contributed by atoms with Gasteiger partial charge in [0, 0.05) is 32.0 Å². The Morgan fingerprint density at radius 2 is 1.76 bits per heavy atom. The summed E-state index contributed by atoms with van der Waals surface area (Å²) >= 11 is 0. The summed E-state index contributed by atoms with van der Waals surface area (Å²) in [4.78, 5) is 24.4. The molecule has 116 valence electrons. The molecule has 0 radical (unpaired) electrons. The third-order valence-corrected chi connectivity index (χ3v) is 2.82. The van der Waals surface area contributed by atoms with Crippen molar-refractivity contribution in [3.8, 4) is 0 Å². The Kier molecular flexibility index (Phi) is 7.42. The Labute approximate surface area is 125 Å². The van der Waals surface area contributed by atoms with Crippen molar-refractivity contribution in [2.24, 2.45) is 0 Å². The Morgan fingerprint density at radius 1 is 1.14 bits per heavy atom. The van der Waals surface area contributed by atoms with Crippen LogP contribution in [-0.2, 0) is 19.1 Å². The molecule has 1 rings (SSSR count). The van der Waals surface area contributed by atoms with Gasteiger partial charge in [0.25, 0.3) is 0 Å². The first-order valence-corrected chi connectivity index (χ1v) is 6.84. The zero-order valence-corrected chi connectivity index (χ0v) is 12.7. The molecule has 0 saturated heterocycles. The highest BCUT2D eigenvalue weighted by molar-refractivity contribution is 5.93. The van der Waals surface area contributed by atoms with Crippen LogP contribution in [0.5, 0.6) is 0 Å². The fraction of sp³-hybridized carbons (Fsp3) is 0.467. The molecule has 0 fully saturated rings. The van der Waals surface area contributed by atoms with Crippen molar-refractivity contribution in [2.45, 2.75) is 13.8 Å². The quantitative estimate of drug-likeness (QED) is 0.740. The van der Waals surface area contributed by atoms with Gasteiger partial charge in [0.05, 0.1) is 13.2 Å². The molecule has 1 aromatic rings. The molecule has 0 aliphatic carbocycles. The summed E-state index contributed by atoms with van der Waals surface area (Å²) in [5, 5.41) is 2.72. The number of carbonyl (C=O) groups is 2. The SMILES string of the molecule is CCOCCOCC(=O)Nc1ccc(N(C)C(C)=O)cc1. The molecule has 0 atom stereocenters. The lowest BCUT2D eigenvalue weighted by Crippen LogP contribution is -2.23. The summed E-state index contributed by atoms with van der Waals surface area (Å²) in [5.41, 5.74) is 1.43. The Balaban J connectivity index is 2.38. The molecule has 6 nitrogen and oxygen atoms in total. The van der Waals surface area contributed by atoms with E-state index >= 15 is 0 Å². The van der Waals surface area contributed by atoms with E-state index in [1.807, 2.05) is 6.92 Å². The summed E-state index contributed by atoms with van der Waals surface area (Å²) in [6.07, 6.45) is 0. The lowest BCUT2D eigenvalue weighted by Gasteiger charge is -2.15. The number of nitrogens with zero attached hydrogens (tertiary/aromatic N) is 1. The molecule has 0 saturated carbocycles. The second-order valence-corrected chi connectivity index (χ2v) is 4.42. The lowest BCUT2D eigenvalue weighted by atomic mass is 10.2. The Hall–Kier alpha value is -1.92. The van der Waals surface area contributed by atoms with E-state index in [0.717, 1.165) is 5.69 Å². The number of amides is 2. The van der Waals surface area contributed by atoms with E-state index in [4.69, 9.17) is 9.47 Å².